The van der Waals surface area contributed by atoms with Crippen LogP contribution < -0.4 is 0 Å². The van der Waals surface area contributed by atoms with E-state index in [1.807, 2.05) is 13.0 Å². The van der Waals surface area contributed by atoms with Crippen LogP contribution >= 0.6 is 0 Å². The second kappa shape index (κ2) is 6.80. The summed E-state index contributed by atoms with van der Waals surface area (Å²) in [5, 5.41) is 0. The predicted octanol–water partition coefficient (Wildman–Crippen LogP) is 2.96. The average molecular weight is 232 g/mol. The normalized spacial score (nSPS) is 12.7. The van der Waals surface area contributed by atoms with Gasteiger partial charge < -0.3 is 0 Å². The molecule has 0 aliphatic carbocycles. The summed E-state index contributed by atoms with van der Waals surface area (Å²) in [4.78, 5) is 0. The smallest absolute Gasteiger partial charge is 0.265 e. The molecule has 0 bridgehead atoms. The molecule has 0 unspecified atom stereocenters. The molecule has 0 aromatic carbocycles. The zero-order valence-corrected chi connectivity index (χ0v) is 10.5. The van der Waals surface area contributed by atoms with Gasteiger partial charge in [-0.15, -0.1) is 0 Å². The Balaban J connectivity index is 3.85. The Morgan fingerprint density at radius 3 is 2.20 bits per heavy atom. The first-order chi connectivity index (χ1) is 6.81. The summed E-state index contributed by atoms with van der Waals surface area (Å²) in [5.74, 6) is -0.188. The van der Waals surface area contributed by atoms with Crippen LogP contribution in [0, 0.1) is 0 Å². The molecule has 0 amide bonds. The Morgan fingerprint density at radius 1 is 1.13 bits per heavy atom. The monoisotopic (exact) mass is 232 g/mol. The van der Waals surface area contributed by atoms with E-state index in [1.165, 1.54) is 5.57 Å². The first-order valence-corrected chi connectivity index (χ1v) is 6.66. The van der Waals surface area contributed by atoms with Crippen LogP contribution in [0.3, 0.4) is 0 Å². The Labute approximate surface area is 92.6 Å². The second-order valence-electron chi connectivity index (χ2n) is 3.95. The molecule has 88 valence electrons. The first kappa shape index (κ1) is 14.4. The summed E-state index contributed by atoms with van der Waals surface area (Å²) >= 11 is 0. The van der Waals surface area contributed by atoms with Gasteiger partial charge in [-0.25, -0.2) is 0 Å². The van der Waals surface area contributed by atoms with Gasteiger partial charge >= 0.3 is 0 Å². The molecule has 0 atom stereocenters. The van der Waals surface area contributed by atoms with Crippen molar-refractivity contribution in [3.05, 3.63) is 23.3 Å². The van der Waals surface area contributed by atoms with Crippen molar-refractivity contribution in [2.75, 3.05) is 5.75 Å². The van der Waals surface area contributed by atoms with E-state index in [9.17, 15) is 8.42 Å². The van der Waals surface area contributed by atoms with Crippen LogP contribution in [0.25, 0.3) is 0 Å². The maximum atomic E-state index is 10.4. The van der Waals surface area contributed by atoms with Crippen molar-refractivity contribution in [2.45, 2.75) is 40.0 Å². The molecule has 0 saturated carbocycles. The minimum atomic E-state index is -3.81. The lowest BCUT2D eigenvalue weighted by molar-refractivity contribution is 0.483. The van der Waals surface area contributed by atoms with Gasteiger partial charge in [0.1, 0.15) is 0 Å². The van der Waals surface area contributed by atoms with Crippen molar-refractivity contribution in [2.24, 2.45) is 0 Å². The lowest BCUT2D eigenvalue weighted by Gasteiger charge is -1.98. The van der Waals surface area contributed by atoms with E-state index in [4.69, 9.17) is 4.55 Å². The minimum absolute atomic E-state index is 0.188. The summed E-state index contributed by atoms with van der Waals surface area (Å²) in [6.07, 6.45) is 6.33. The van der Waals surface area contributed by atoms with Crippen LogP contribution in [0.2, 0.25) is 0 Å². The second-order valence-corrected chi connectivity index (χ2v) is 5.52. The topological polar surface area (TPSA) is 54.4 Å². The van der Waals surface area contributed by atoms with E-state index in [0.717, 1.165) is 18.4 Å². The molecule has 0 heterocycles. The van der Waals surface area contributed by atoms with Crippen LogP contribution in [0.4, 0.5) is 0 Å². The van der Waals surface area contributed by atoms with E-state index in [0.29, 0.717) is 6.42 Å². The molecular weight excluding hydrogens is 212 g/mol. The van der Waals surface area contributed by atoms with Crippen molar-refractivity contribution >= 4 is 10.1 Å². The lowest BCUT2D eigenvalue weighted by Crippen LogP contribution is -2.02. The molecule has 0 aliphatic heterocycles. The highest BCUT2D eigenvalue weighted by Gasteiger charge is 2.01. The highest BCUT2D eigenvalue weighted by Crippen LogP contribution is 2.07. The van der Waals surface area contributed by atoms with E-state index in [2.05, 4.69) is 19.9 Å². The molecular formula is C11H20O3S. The lowest BCUT2D eigenvalue weighted by atomic mass is 10.1. The van der Waals surface area contributed by atoms with Gasteiger partial charge in [-0.1, -0.05) is 23.3 Å². The van der Waals surface area contributed by atoms with Gasteiger partial charge in [-0.2, -0.15) is 8.42 Å². The molecule has 0 fully saturated rings. The van der Waals surface area contributed by atoms with Gasteiger partial charge in [0.05, 0.1) is 5.75 Å². The first-order valence-electron chi connectivity index (χ1n) is 5.05. The molecule has 0 saturated heterocycles. The number of allylic oxidation sites excluding steroid dienone is 4. The predicted molar refractivity (Wildman–Crippen MR) is 63.5 cm³/mol. The van der Waals surface area contributed by atoms with Crippen molar-refractivity contribution in [1.29, 1.82) is 0 Å². The van der Waals surface area contributed by atoms with E-state index < -0.39 is 10.1 Å². The maximum Gasteiger partial charge on any atom is 0.265 e. The third kappa shape index (κ3) is 11.3. The zero-order valence-electron chi connectivity index (χ0n) is 9.66. The van der Waals surface area contributed by atoms with E-state index in [-0.39, 0.29) is 5.75 Å². The van der Waals surface area contributed by atoms with Gasteiger partial charge in [0.15, 0.2) is 0 Å². The molecule has 15 heavy (non-hydrogen) atoms. The van der Waals surface area contributed by atoms with Crippen LogP contribution in [0.15, 0.2) is 23.3 Å². The Hall–Kier alpha value is -0.610. The SMILES string of the molecule is CC(C)=CCC/C(C)=C\CCS(=O)(=O)O. The summed E-state index contributed by atoms with van der Waals surface area (Å²) < 4.78 is 29.4. The average Bonchev–Trinajstić information content (AvgIpc) is 2.00. The summed E-state index contributed by atoms with van der Waals surface area (Å²) in [7, 11) is -3.81. The van der Waals surface area contributed by atoms with Gasteiger partial charge in [0.25, 0.3) is 10.1 Å². The Bertz CT molecular complexity index is 333. The third-order valence-corrected chi connectivity index (χ3v) is 2.71. The number of hydrogen-bond acceptors (Lipinski definition) is 2. The van der Waals surface area contributed by atoms with Gasteiger partial charge in [-0.3, -0.25) is 4.55 Å². The fraction of sp³-hybridized carbons (Fsp3) is 0.636. The minimum Gasteiger partial charge on any atom is -0.286 e. The van der Waals surface area contributed by atoms with Crippen molar-refractivity contribution in [3.63, 3.8) is 0 Å². The molecule has 0 radical (unpaired) electrons. The van der Waals surface area contributed by atoms with Gasteiger partial charge in [-0.05, 0) is 40.0 Å². The molecule has 0 aliphatic rings. The summed E-state index contributed by atoms with van der Waals surface area (Å²) in [6, 6.07) is 0. The zero-order chi connectivity index (χ0) is 11.9. The number of hydrogen-bond donors (Lipinski definition) is 1. The molecule has 3 nitrogen and oxygen atoms in total. The molecule has 0 aromatic rings. The van der Waals surface area contributed by atoms with Crippen molar-refractivity contribution in [1.82, 2.24) is 0 Å². The summed E-state index contributed by atoms with van der Waals surface area (Å²) in [6.45, 7) is 6.08. The third-order valence-electron chi connectivity index (χ3n) is 1.96. The van der Waals surface area contributed by atoms with Crippen LogP contribution in [0.5, 0.6) is 0 Å². The van der Waals surface area contributed by atoms with Crippen molar-refractivity contribution < 1.29 is 13.0 Å². The largest absolute Gasteiger partial charge is 0.286 e. The maximum absolute atomic E-state index is 10.4. The van der Waals surface area contributed by atoms with Crippen LogP contribution in [-0.4, -0.2) is 18.7 Å². The van der Waals surface area contributed by atoms with Gasteiger partial charge in [0, 0.05) is 0 Å². The molecule has 4 heteroatoms. The molecule has 0 spiro atoms. The Morgan fingerprint density at radius 2 is 1.73 bits per heavy atom. The highest BCUT2D eigenvalue weighted by molar-refractivity contribution is 7.85. The standard InChI is InChI=1S/C11H20O3S/c1-10(2)6-4-7-11(3)8-5-9-15(12,13)14/h6,8H,4-5,7,9H2,1-3H3,(H,12,13,14)/b11-8-. The number of rotatable bonds is 6. The molecule has 0 rings (SSSR count). The van der Waals surface area contributed by atoms with Crippen molar-refractivity contribution in [3.8, 4) is 0 Å². The fourth-order valence-corrected chi connectivity index (χ4v) is 1.56. The van der Waals surface area contributed by atoms with Crippen LogP contribution in [-0.2, 0) is 10.1 Å². The fourth-order valence-electron chi connectivity index (χ4n) is 1.14. The molecule has 0 aromatic heterocycles. The molecule has 1 N–H and O–H groups in total. The summed E-state index contributed by atoms with van der Waals surface area (Å²) in [5.41, 5.74) is 2.46. The van der Waals surface area contributed by atoms with Crippen LogP contribution in [0.1, 0.15) is 40.0 Å². The van der Waals surface area contributed by atoms with E-state index >= 15 is 0 Å². The highest BCUT2D eigenvalue weighted by atomic mass is 32.2. The van der Waals surface area contributed by atoms with Gasteiger partial charge in [0.2, 0.25) is 0 Å². The Kier molecular flexibility index (Phi) is 6.52. The van der Waals surface area contributed by atoms with E-state index in [1.54, 1.807) is 0 Å². The quantitative estimate of drug-likeness (QED) is 0.566.